The highest BCUT2D eigenvalue weighted by molar-refractivity contribution is 7.92. The number of hydrogen-bond donors (Lipinski definition) is 1. The molecule has 166 valence electrons. The van der Waals surface area contributed by atoms with Gasteiger partial charge in [0.15, 0.2) is 0 Å². The van der Waals surface area contributed by atoms with Gasteiger partial charge in [-0.05, 0) is 75.3 Å². The van der Waals surface area contributed by atoms with Crippen LogP contribution in [0.15, 0.2) is 48.0 Å². The molecule has 1 N–H and O–H groups in total. The van der Waals surface area contributed by atoms with Crippen molar-refractivity contribution in [2.75, 3.05) is 17.1 Å². The highest BCUT2D eigenvalue weighted by atomic mass is 32.2. The highest BCUT2D eigenvalue weighted by Crippen LogP contribution is 2.29. The van der Waals surface area contributed by atoms with Crippen molar-refractivity contribution in [1.29, 1.82) is 0 Å². The third-order valence-corrected chi connectivity index (χ3v) is 6.80. The van der Waals surface area contributed by atoms with Crippen LogP contribution in [0.1, 0.15) is 58.3 Å². The smallest absolute Gasteiger partial charge is 0.251 e. The van der Waals surface area contributed by atoms with E-state index in [1.807, 2.05) is 45.0 Å². The molecule has 0 saturated heterocycles. The van der Waals surface area contributed by atoms with Crippen LogP contribution >= 0.6 is 0 Å². The van der Waals surface area contributed by atoms with E-state index in [2.05, 4.69) is 11.4 Å². The van der Waals surface area contributed by atoms with Gasteiger partial charge in [0.05, 0.1) is 18.5 Å². The second-order valence-corrected chi connectivity index (χ2v) is 10.4. The summed E-state index contributed by atoms with van der Waals surface area (Å²) in [5.41, 5.74) is 6.38. The maximum Gasteiger partial charge on any atom is 0.251 e. The average Bonchev–Trinajstić information content (AvgIpc) is 2.71. The van der Waals surface area contributed by atoms with Crippen molar-refractivity contribution >= 4 is 21.6 Å². The summed E-state index contributed by atoms with van der Waals surface area (Å²) in [5.74, 6) is -0.108. The van der Waals surface area contributed by atoms with Crippen LogP contribution in [0.4, 0.5) is 5.69 Å². The number of anilines is 1. The predicted octanol–water partition coefficient (Wildman–Crippen LogP) is 4.81. The Balaban J connectivity index is 1.75. The van der Waals surface area contributed by atoms with E-state index in [0.717, 1.165) is 40.8 Å². The maximum absolute atomic E-state index is 12.6. The lowest BCUT2D eigenvalue weighted by atomic mass is 9.99. The number of hydrogen-bond acceptors (Lipinski definition) is 3. The molecule has 1 amide bonds. The number of carbonyl (C=O) groups is 1. The molecule has 31 heavy (non-hydrogen) atoms. The Morgan fingerprint density at radius 3 is 2.23 bits per heavy atom. The lowest BCUT2D eigenvalue weighted by Crippen LogP contribution is -2.30. The largest absolute Gasteiger partial charge is 0.348 e. The first-order chi connectivity index (χ1) is 14.6. The zero-order valence-corrected chi connectivity index (χ0v) is 19.7. The molecule has 2 aromatic carbocycles. The van der Waals surface area contributed by atoms with Crippen LogP contribution in [0.5, 0.6) is 0 Å². The minimum Gasteiger partial charge on any atom is -0.348 e. The van der Waals surface area contributed by atoms with Gasteiger partial charge in [0.1, 0.15) is 0 Å². The average molecular weight is 441 g/mol. The highest BCUT2D eigenvalue weighted by Gasteiger charge is 2.22. The van der Waals surface area contributed by atoms with Gasteiger partial charge in [-0.3, -0.25) is 9.10 Å². The fourth-order valence-electron chi connectivity index (χ4n) is 4.22. The van der Waals surface area contributed by atoms with Crippen LogP contribution in [-0.2, 0) is 16.6 Å². The Morgan fingerprint density at radius 1 is 1.03 bits per heavy atom. The van der Waals surface area contributed by atoms with E-state index in [4.69, 9.17) is 0 Å². The molecule has 0 radical (unpaired) electrons. The van der Waals surface area contributed by atoms with Crippen LogP contribution in [0.3, 0.4) is 0 Å². The lowest BCUT2D eigenvalue weighted by Gasteiger charge is -2.26. The summed E-state index contributed by atoms with van der Waals surface area (Å²) in [5, 5.41) is 2.99. The molecular weight excluding hydrogens is 408 g/mol. The summed E-state index contributed by atoms with van der Waals surface area (Å²) in [6.45, 7) is 6.68. The zero-order valence-electron chi connectivity index (χ0n) is 18.9. The summed E-state index contributed by atoms with van der Waals surface area (Å²) in [6, 6.07) is 11.2. The van der Waals surface area contributed by atoms with Gasteiger partial charge in [-0.2, -0.15) is 0 Å². The molecule has 6 heteroatoms. The lowest BCUT2D eigenvalue weighted by molar-refractivity contribution is 0.0956. The van der Waals surface area contributed by atoms with E-state index >= 15 is 0 Å². The first kappa shape index (κ1) is 23.1. The van der Waals surface area contributed by atoms with Gasteiger partial charge in [0, 0.05) is 12.1 Å². The van der Waals surface area contributed by atoms with Crippen molar-refractivity contribution in [3.8, 4) is 0 Å². The first-order valence-electron chi connectivity index (χ1n) is 10.8. The fraction of sp³-hybridized carbons (Fsp3) is 0.400. The molecule has 2 aromatic rings. The number of allylic oxidation sites excluding steroid dienone is 1. The monoisotopic (exact) mass is 440 g/mol. The van der Waals surface area contributed by atoms with E-state index in [9.17, 15) is 13.2 Å². The Kier molecular flexibility index (Phi) is 7.21. The Labute approximate surface area is 186 Å². The number of amides is 1. The van der Waals surface area contributed by atoms with E-state index in [1.165, 1.54) is 29.0 Å². The molecule has 0 unspecified atom stereocenters. The number of benzene rings is 2. The topological polar surface area (TPSA) is 66.5 Å². The van der Waals surface area contributed by atoms with E-state index in [-0.39, 0.29) is 12.5 Å². The number of nitrogens with zero attached hydrogens (tertiary/aromatic N) is 1. The number of rotatable bonds is 7. The minimum absolute atomic E-state index is 0.108. The van der Waals surface area contributed by atoms with Crippen LogP contribution in [0, 0.1) is 20.8 Å². The van der Waals surface area contributed by atoms with E-state index in [0.29, 0.717) is 12.1 Å². The first-order valence-corrected chi connectivity index (χ1v) is 12.6. The Morgan fingerprint density at radius 2 is 1.68 bits per heavy atom. The number of aryl methyl sites for hydroxylation is 3. The van der Waals surface area contributed by atoms with Crippen molar-refractivity contribution in [3.05, 3.63) is 75.9 Å². The van der Waals surface area contributed by atoms with Crippen molar-refractivity contribution in [2.24, 2.45) is 0 Å². The second-order valence-electron chi connectivity index (χ2n) is 8.50. The minimum atomic E-state index is -3.47. The van der Waals surface area contributed by atoms with Gasteiger partial charge >= 0.3 is 0 Å². The van der Waals surface area contributed by atoms with Gasteiger partial charge in [0.2, 0.25) is 10.0 Å². The summed E-state index contributed by atoms with van der Waals surface area (Å²) < 4.78 is 26.6. The molecule has 0 aromatic heterocycles. The molecular formula is C25H32N2O3S. The molecule has 0 saturated carbocycles. The van der Waals surface area contributed by atoms with Crippen molar-refractivity contribution < 1.29 is 13.2 Å². The van der Waals surface area contributed by atoms with Gasteiger partial charge in [-0.15, -0.1) is 0 Å². The summed E-state index contributed by atoms with van der Waals surface area (Å²) in [7, 11) is -3.47. The molecule has 0 fully saturated rings. The van der Waals surface area contributed by atoms with Crippen LogP contribution in [0.25, 0.3) is 0 Å². The maximum atomic E-state index is 12.6. The fourth-order valence-corrected chi connectivity index (χ4v) is 5.22. The molecule has 3 rings (SSSR count). The summed E-state index contributed by atoms with van der Waals surface area (Å²) in [4.78, 5) is 12.5. The SMILES string of the molecule is Cc1cc(C)c(N(Cc2ccc(C(=O)NCC3=CCCCC3)cc2)S(C)(=O)=O)c(C)c1. The molecule has 0 aliphatic heterocycles. The molecule has 0 heterocycles. The second kappa shape index (κ2) is 9.69. The molecule has 0 bridgehead atoms. The van der Waals surface area contributed by atoms with Crippen LogP contribution < -0.4 is 9.62 Å². The number of sulfonamides is 1. The van der Waals surface area contributed by atoms with Gasteiger partial charge in [-0.1, -0.05) is 41.5 Å². The normalized spacial score (nSPS) is 14.1. The standard InChI is InChI=1S/C25H32N2O3S/c1-18-14-19(2)24(20(3)15-18)27(31(4,29)30)17-22-10-12-23(13-11-22)25(28)26-16-21-8-6-5-7-9-21/h8,10-15H,5-7,9,16-17H2,1-4H3,(H,26,28). The zero-order chi connectivity index (χ0) is 22.6. The van der Waals surface area contributed by atoms with Crippen LogP contribution in [-0.4, -0.2) is 27.1 Å². The van der Waals surface area contributed by atoms with Crippen LogP contribution in [0.2, 0.25) is 0 Å². The Hall–Kier alpha value is -2.60. The van der Waals surface area contributed by atoms with Crippen molar-refractivity contribution in [1.82, 2.24) is 5.32 Å². The quantitative estimate of drug-likeness (QED) is 0.629. The van der Waals surface area contributed by atoms with Gasteiger partial charge in [-0.25, -0.2) is 8.42 Å². The van der Waals surface area contributed by atoms with Crippen molar-refractivity contribution in [3.63, 3.8) is 0 Å². The number of nitrogens with one attached hydrogen (secondary N) is 1. The predicted molar refractivity (Wildman–Crippen MR) is 127 cm³/mol. The molecule has 5 nitrogen and oxygen atoms in total. The summed E-state index contributed by atoms with van der Waals surface area (Å²) in [6.07, 6.45) is 8.02. The third-order valence-electron chi connectivity index (χ3n) is 5.69. The van der Waals surface area contributed by atoms with Gasteiger partial charge in [0.25, 0.3) is 5.91 Å². The van der Waals surface area contributed by atoms with Crippen molar-refractivity contribution in [2.45, 2.75) is 53.0 Å². The third kappa shape index (κ3) is 5.97. The molecule has 1 aliphatic rings. The molecule has 0 atom stereocenters. The number of carbonyl (C=O) groups excluding carboxylic acids is 1. The van der Waals surface area contributed by atoms with E-state index in [1.54, 1.807) is 12.1 Å². The van der Waals surface area contributed by atoms with E-state index < -0.39 is 10.0 Å². The van der Waals surface area contributed by atoms with Gasteiger partial charge < -0.3 is 5.32 Å². The summed E-state index contributed by atoms with van der Waals surface area (Å²) >= 11 is 0. The molecule has 1 aliphatic carbocycles. The molecule has 0 spiro atoms. The Bertz CT molecular complexity index is 1060.